The van der Waals surface area contributed by atoms with Crippen molar-refractivity contribution in [2.75, 3.05) is 11.8 Å². The van der Waals surface area contributed by atoms with Crippen LogP contribution in [0.15, 0.2) is 18.2 Å². The van der Waals surface area contributed by atoms with Gasteiger partial charge >= 0.3 is 16.3 Å². The lowest BCUT2D eigenvalue weighted by Crippen LogP contribution is -2.35. The summed E-state index contributed by atoms with van der Waals surface area (Å²) >= 11 is 0. The Bertz CT molecular complexity index is 526. The zero-order chi connectivity index (χ0) is 13.1. The Labute approximate surface area is 98.6 Å². The summed E-state index contributed by atoms with van der Waals surface area (Å²) in [7, 11) is -2.99. The number of hydrogen-bond donors (Lipinski definition) is 3. The Balaban J connectivity index is 2.87. The van der Waals surface area contributed by atoms with Crippen molar-refractivity contribution < 1.29 is 23.1 Å². The molecule has 0 spiro atoms. The zero-order valence-electron chi connectivity index (χ0n) is 9.22. The van der Waals surface area contributed by atoms with E-state index in [0.717, 1.165) is 7.11 Å². The molecule has 0 atom stereocenters. The molecule has 7 nitrogen and oxygen atoms in total. The average Bonchev–Trinajstić information content (AvgIpc) is 2.21. The van der Waals surface area contributed by atoms with Gasteiger partial charge in [0.2, 0.25) is 0 Å². The molecule has 0 aliphatic rings. The van der Waals surface area contributed by atoms with Crippen LogP contribution in [-0.2, 0) is 14.9 Å². The molecule has 3 N–H and O–H groups in total. The van der Waals surface area contributed by atoms with Gasteiger partial charge in [-0.3, -0.25) is 4.72 Å². The molecule has 8 heteroatoms. The second-order valence-corrected chi connectivity index (χ2v) is 4.61. The number of carbonyl (C=O) groups is 1. The van der Waals surface area contributed by atoms with Gasteiger partial charge in [0.1, 0.15) is 5.75 Å². The molecule has 0 heterocycles. The molecule has 0 saturated heterocycles. The zero-order valence-corrected chi connectivity index (χ0v) is 10.0. The summed E-state index contributed by atoms with van der Waals surface area (Å²) in [5.74, 6) is 0.0198. The maximum atomic E-state index is 11.4. The third-order valence-electron chi connectivity index (χ3n) is 1.86. The monoisotopic (exact) mass is 260 g/mol. The Hall–Kier alpha value is -1.96. The van der Waals surface area contributed by atoms with E-state index >= 15 is 0 Å². The number of aromatic hydroxyl groups is 1. The van der Waals surface area contributed by atoms with E-state index in [1.165, 1.54) is 18.2 Å². The van der Waals surface area contributed by atoms with Crippen LogP contribution in [0, 0.1) is 6.92 Å². The molecule has 1 aromatic rings. The van der Waals surface area contributed by atoms with Crippen LogP contribution in [-0.4, -0.2) is 26.7 Å². The van der Waals surface area contributed by atoms with E-state index in [1.54, 1.807) is 11.6 Å². The molecule has 0 aromatic heterocycles. The molecule has 0 saturated carbocycles. The summed E-state index contributed by atoms with van der Waals surface area (Å²) in [5.41, 5.74) is 0.763. The number of benzene rings is 1. The summed E-state index contributed by atoms with van der Waals surface area (Å²) in [6, 6.07) is 4.08. The van der Waals surface area contributed by atoms with Crippen molar-refractivity contribution in [3.63, 3.8) is 0 Å². The van der Waals surface area contributed by atoms with Gasteiger partial charge in [-0.2, -0.15) is 8.42 Å². The van der Waals surface area contributed by atoms with Gasteiger partial charge in [0.25, 0.3) is 0 Å². The number of aryl methyl sites for hydroxylation is 1. The smallest absolute Gasteiger partial charge is 0.422 e. The van der Waals surface area contributed by atoms with Crippen LogP contribution in [0.2, 0.25) is 0 Å². The number of carbonyl (C=O) groups excluding carboxylic acids is 1. The highest BCUT2D eigenvalue weighted by Crippen LogP contribution is 2.20. The predicted molar refractivity (Wildman–Crippen MR) is 60.9 cm³/mol. The van der Waals surface area contributed by atoms with Crippen LogP contribution < -0.4 is 9.44 Å². The fraction of sp³-hybridized carbons (Fsp3) is 0.222. The molecule has 0 aliphatic heterocycles. The van der Waals surface area contributed by atoms with Crippen molar-refractivity contribution in [1.29, 1.82) is 0 Å². The highest BCUT2D eigenvalue weighted by molar-refractivity contribution is 7.91. The van der Waals surface area contributed by atoms with Crippen LogP contribution in [0.4, 0.5) is 10.5 Å². The minimum Gasteiger partial charge on any atom is -0.508 e. The first-order valence-corrected chi connectivity index (χ1v) is 6.00. The number of rotatable bonds is 3. The number of phenolic OH excluding ortho intramolecular Hbond substituents is 1. The van der Waals surface area contributed by atoms with E-state index in [2.05, 4.69) is 9.46 Å². The highest BCUT2D eigenvalue weighted by atomic mass is 32.2. The molecule has 0 bridgehead atoms. The van der Waals surface area contributed by atoms with Gasteiger partial charge in [-0.15, -0.1) is 0 Å². The van der Waals surface area contributed by atoms with Gasteiger partial charge in [0.15, 0.2) is 0 Å². The minimum absolute atomic E-state index is 0.0198. The lowest BCUT2D eigenvalue weighted by molar-refractivity contribution is 0.177. The number of hydrogen-bond acceptors (Lipinski definition) is 5. The van der Waals surface area contributed by atoms with E-state index in [4.69, 9.17) is 5.11 Å². The quantitative estimate of drug-likeness (QED) is 0.694. The number of amides is 1. The minimum atomic E-state index is -4.04. The number of methoxy groups -OCH3 is 1. The van der Waals surface area contributed by atoms with Crippen molar-refractivity contribution in [2.24, 2.45) is 0 Å². The van der Waals surface area contributed by atoms with Crippen molar-refractivity contribution in [2.45, 2.75) is 6.92 Å². The highest BCUT2D eigenvalue weighted by Gasteiger charge is 2.15. The first-order valence-electron chi connectivity index (χ1n) is 4.52. The second kappa shape index (κ2) is 4.91. The van der Waals surface area contributed by atoms with Gasteiger partial charge in [0, 0.05) is 0 Å². The Morgan fingerprint density at radius 3 is 2.59 bits per heavy atom. The normalized spacial score (nSPS) is 10.7. The van der Waals surface area contributed by atoms with Crippen LogP contribution in [0.25, 0.3) is 0 Å². The molecule has 0 fully saturated rings. The van der Waals surface area contributed by atoms with Gasteiger partial charge in [-0.05, 0) is 30.7 Å². The summed E-state index contributed by atoms with van der Waals surface area (Å²) in [4.78, 5) is 10.8. The van der Waals surface area contributed by atoms with Crippen LogP contribution >= 0.6 is 0 Å². The van der Waals surface area contributed by atoms with Gasteiger partial charge < -0.3 is 9.84 Å². The topological polar surface area (TPSA) is 105 Å². The standard InChI is InChI=1S/C9H12N2O5S/c1-6-5-7(12)3-4-8(6)10-17(14,15)11-9(13)16-2/h3-5,10,12H,1-2H3,(H,11,13). The second-order valence-electron chi connectivity index (χ2n) is 3.20. The fourth-order valence-electron chi connectivity index (χ4n) is 1.08. The van der Waals surface area contributed by atoms with E-state index in [1.807, 2.05) is 0 Å². The number of phenols is 1. The Kier molecular flexibility index (Phi) is 3.79. The molecule has 94 valence electrons. The molecule has 1 rings (SSSR count). The van der Waals surface area contributed by atoms with Crippen molar-refractivity contribution in [3.05, 3.63) is 23.8 Å². The third-order valence-corrected chi connectivity index (χ3v) is 2.78. The predicted octanol–water partition coefficient (Wildman–Crippen LogP) is 0.713. The fourth-order valence-corrected chi connectivity index (χ4v) is 1.96. The summed E-state index contributed by atoms with van der Waals surface area (Å²) < 4.78 is 30.8. The maximum absolute atomic E-state index is 11.4. The van der Waals surface area contributed by atoms with Crippen LogP contribution in [0.5, 0.6) is 5.75 Å². The first kappa shape index (κ1) is 13.1. The van der Waals surface area contributed by atoms with E-state index in [0.29, 0.717) is 5.56 Å². The number of anilines is 1. The van der Waals surface area contributed by atoms with E-state index in [-0.39, 0.29) is 11.4 Å². The molecule has 1 amide bonds. The van der Waals surface area contributed by atoms with Crippen LogP contribution in [0.1, 0.15) is 5.56 Å². The molecule has 0 radical (unpaired) electrons. The van der Waals surface area contributed by atoms with Crippen molar-refractivity contribution >= 4 is 22.0 Å². The summed E-state index contributed by atoms with van der Waals surface area (Å²) in [6.07, 6.45) is -1.09. The number of nitrogens with one attached hydrogen (secondary N) is 2. The SMILES string of the molecule is COC(=O)NS(=O)(=O)Nc1ccc(O)cc1C. The molecular weight excluding hydrogens is 248 g/mol. The molecule has 0 aliphatic carbocycles. The molecule has 0 unspecified atom stereocenters. The molecular formula is C9H12N2O5S. The van der Waals surface area contributed by atoms with Crippen molar-refractivity contribution in [1.82, 2.24) is 4.72 Å². The average molecular weight is 260 g/mol. The van der Waals surface area contributed by atoms with Gasteiger partial charge in [0.05, 0.1) is 12.8 Å². The van der Waals surface area contributed by atoms with Gasteiger partial charge in [-0.1, -0.05) is 0 Å². The lowest BCUT2D eigenvalue weighted by atomic mass is 10.2. The summed E-state index contributed by atoms with van der Waals surface area (Å²) in [6.45, 7) is 1.61. The van der Waals surface area contributed by atoms with Crippen LogP contribution in [0.3, 0.4) is 0 Å². The molecule has 17 heavy (non-hydrogen) atoms. The number of ether oxygens (including phenoxy) is 1. The maximum Gasteiger partial charge on any atom is 0.422 e. The molecule has 1 aromatic carbocycles. The van der Waals surface area contributed by atoms with E-state index in [9.17, 15) is 13.2 Å². The largest absolute Gasteiger partial charge is 0.508 e. The Morgan fingerprint density at radius 2 is 2.06 bits per heavy atom. The van der Waals surface area contributed by atoms with Gasteiger partial charge in [-0.25, -0.2) is 9.52 Å². The first-order chi connectivity index (χ1) is 7.84. The Morgan fingerprint density at radius 1 is 1.41 bits per heavy atom. The van der Waals surface area contributed by atoms with E-state index < -0.39 is 16.3 Å². The van der Waals surface area contributed by atoms with Crippen molar-refractivity contribution in [3.8, 4) is 5.75 Å². The lowest BCUT2D eigenvalue weighted by Gasteiger charge is -2.10. The summed E-state index contributed by atoms with van der Waals surface area (Å²) in [5, 5.41) is 9.15. The third kappa shape index (κ3) is 3.83.